The molecule has 0 aromatic heterocycles. The maximum absolute atomic E-state index is 12.1. The molecule has 1 saturated carbocycles. The van der Waals surface area contributed by atoms with E-state index >= 15 is 0 Å². The number of anilines is 1. The van der Waals surface area contributed by atoms with Gasteiger partial charge in [-0.15, -0.1) is 0 Å². The number of urea groups is 1. The van der Waals surface area contributed by atoms with Crippen LogP contribution in [0.25, 0.3) is 0 Å². The Morgan fingerprint density at radius 2 is 2.15 bits per heavy atom. The number of hydrogen-bond donors (Lipinski definition) is 2. The van der Waals surface area contributed by atoms with E-state index in [0.717, 1.165) is 41.3 Å². The predicted molar refractivity (Wildman–Crippen MR) is 84.0 cm³/mol. The largest absolute Gasteiger partial charge is 0.334 e. The van der Waals surface area contributed by atoms with Crippen molar-refractivity contribution in [1.82, 2.24) is 10.2 Å². The summed E-state index contributed by atoms with van der Waals surface area (Å²) >= 11 is 3.43. The molecule has 20 heavy (non-hydrogen) atoms. The standard InChI is InChI=1S/C15H20BrN3O/c1-10-2-3-11(16)8-14(10)18-15(20)17-12-6-7-19(9-12)13-4-5-13/h2-3,8,12-13H,4-7,9H2,1H3,(H2,17,18,20)/t12-/m0/s1. The minimum Gasteiger partial charge on any atom is -0.334 e. The SMILES string of the molecule is Cc1ccc(Br)cc1NC(=O)N[C@H]1CCN(C2CC2)C1. The molecule has 5 heteroatoms. The number of halogens is 1. The molecule has 0 spiro atoms. The van der Waals surface area contributed by atoms with Crippen molar-refractivity contribution < 1.29 is 4.79 Å². The topological polar surface area (TPSA) is 44.4 Å². The fourth-order valence-electron chi connectivity index (χ4n) is 2.75. The average Bonchev–Trinajstić information content (AvgIpc) is 3.15. The van der Waals surface area contributed by atoms with Gasteiger partial charge in [0.05, 0.1) is 0 Å². The third kappa shape index (κ3) is 3.33. The van der Waals surface area contributed by atoms with Gasteiger partial charge in [0, 0.05) is 35.3 Å². The molecule has 2 fully saturated rings. The van der Waals surface area contributed by atoms with Gasteiger partial charge in [-0.25, -0.2) is 4.79 Å². The third-order valence-corrected chi connectivity index (χ3v) is 4.56. The quantitative estimate of drug-likeness (QED) is 0.889. The van der Waals surface area contributed by atoms with Gasteiger partial charge >= 0.3 is 6.03 Å². The summed E-state index contributed by atoms with van der Waals surface area (Å²) < 4.78 is 0.971. The molecule has 2 aliphatic rings. The van der Waals surface area contributed by atoms with Gasteiger partial charge in [0.15, 0.2) is 0 Å². The lowest BCUT2D eigenvalue weighted by Crippen LogP contribution is -2.40. The van der Waals surface area contributed by atoms with E-state index in [9.17, 15) is 4.79 Å². The van der Waals surface area contributed by atoms with E-state index in [1.54, 1.807) is 0 Å². The Morgan fingerprint density at radius 1 is 1.35 bits per heavy atom. The summed E-state index contributed by atoms with van der Waals surface area (Å²) in [6.45, 7) is 4.10. The molecule has 1 aromatic carbocycles. The molecule has 1 atom stereocenters. The number of amides is 2. The van der Waals surface area contributed by atoms with Crippen molar-refractivity contribution in [3.63, 3.8) is 0 Å². The molecule has 2 amide bonds. The molecule has 0 bridgehead atoms. The van der Waals surface area contributed by atoms with Crippen molar-refractivity contribution in [2.24, 2.45) is 0 Å². The molecule has 108 valence electrons. The van der Waals surface area contributed by atoms with Crippen LogP contribution in [0.1, 0.15) is 24.8 Å². The molecule has 1 aliphatic heterocycles. The highest BCUT2D eigenvalue weighted by atomic mass is 79.9. The lowest BCUT2D eigenvalue weighted by atomic mass is 10.2. The van der Waals surface area contributed by atoms with E-state index in [0.29, 0.717) is 0 Å². The van der Waals surface area contributed by atoms with E-state index < -0.39 is 0 Å². The van der Waals surface area contributed by atoms with Gasteiger partial charge < -0.3 is 10.6 Å². The second kappa shape index (κ2) is 5.74. The molecule has 2 N–H and O–H groups in total. The molecular formula is C15H20BrN3O. The zero-order chi connectivity index (χ0) is 14.1. The molecule has 3 rings (SSSR count). The van der Waals surface area contributed by atoms with Crippen molar-refractivity contribution in [1.29, 1.82) is 0 Å². The van der Waals surface area contributed by atoms with E-state index in [4.69, 9.17) is 0 Å². The van der Waals surface area contributed by atoms with Crippen molar-refractivity contribution in [3.8, 4) is 0 Å². The first-order chi connectivity index (χ1) is 9.61. The summed E-state index contributed by atoms with van der Waals surface area (Å²) in [5.74, 6) is 0. The predicted octanol–water partition coefficient (Wildman–Crippen LogP) is 3.12. The highest BCUT2D eigenvalue weighted by Crippen LogP contribution is 2.29. The fraction of sp³-hybridized carbons (Fsp3) is 0.533. The number of carbonyl (C=O) groups is 1. The number of hydrogen-bond acceptors (Lipinski definition) is 2. The second-order valence-corrected chi connectivity index (χ2v) is 6.69. The van der Waals surface area contributed by atoms with E-state index in [1.165, 1.54) is 12.8 Å². The molecule has 1 heterocycles. The minimum atomic E-state index is -0.103. The Hall–Kier alpha value is -1.07. The minimum absolute atomic E-state index is 0.103. The van der Waals surface area contributed by atoms with E-state index in [-0.39, 0.29) is 12.1 Å². The highest BCUT2D eigenvalue weighted by Gasteiger charge is 2.34. The molecule has 0 radical (unpaired) electrons. The summed E-state index contributed by atoms with van der Waals surface area (Å²) in [7, 11) is 0. The van der Waals surface area contributed by atoms with Gasteiger partial charge in [0.2, 0.25) is 0 Å². The Kier molecular flexibility index (Phi) is 3.98. The van der Waals surface area contributed by atoms with E-state index in [1.807, 2.05) is 25.1 Å². The van der Waals surface area contributed by atoms with Gasteiger partial charge in [-0.05, 0) is 43.9 Å². The Bertz CT molecular complexity index is 516. The summed E-state index contributed by atoms with van der Waals surface area (Å²) in [6, 6.07) is 6.86. The monoisotopic (exact) mass is 337 g/mol. The number of benzene rings is 1. The second-order valence-electron chi connectivity index (χ2n) is 5.77. The number of nitrogens with one attached hydrogen (secondary N) is 2. The van der Waals surface area contributed by atoms with Crippen LogP contribution in [0.3, 0.4) is 0 Å². The van der Waals surface area contributed by atoms with Gasteiger partial charge in [-0.1, -0.05) is 22.0 Å². The number of rotatable bonds is 3. The Balaban J connectivity index is 1.53. The van der Waals surface area contributed by atoms with Crippen molar-refractivity contribution >= 4 is 27.6 Å². The zero-order valence-electron chi connectivity index (χ0n) is 11.7. The summed E-state index contributed by atoms with van der Waals surface area (Å²) in [5, 5.41) is 6.02. The number of aryl methyl sites for hydroxylation is 1. The van der Waals surface area contributed by atoms with Crippen LogP contribution in [-0.4, -0.2) is 36.1 Å². The first-order valence-corrected chi connectivity index (χ1v) is 7.99. The van der Waals surface area contributed by atoms with Crippen LogP contribution < -0.4 is 10.6 Å². The van der Waals surface area contributed by atoms with Crippen LogP contribution in [0.15, 0.2) is 22.7 Å². The van der Waals surface area contributed by atoms with Crippen molar-refractivity contribution in [2.75, 3.05) is 18.4 Å². The van der Waals surface area contributed by atoms with Crippen LogP contribution in [0, 0.1) is 6.92 Å². The fourth-order valence-corrected chi connectivity index (χ4v) is 3.11. The third-order valence-electron chi connectivity index (χ3n) is 4.07. The number of carbonyl (C=O) groups excluding carboxylic acids is 1. The summed E-state index contributed by atoms with van der Waals surface area (Å²) in [5.41, 5.74) is 1.92. The van der Waals surface area contributed by atoms with Crippen LogP contribution in [-0.2, 0) is 0 Å². The van der Waals surface area contributed by atoms with Gasteiger partial charge in [0.1, 0.15) is 0 Å². The summed E-state index contributed by atoms with van der Waals surface area (Å²) in [4.78, 5) is 14.6. The molecule has 0 unspecified atom stereocenters. The van der Waals surface area contributed by atoms with E-state index in [2.05, 4.69) is 31.5 Å². The molecule has 1 aromatic rings. The maximum Gasteiger partial charge on any atom is 0.319 e. The first kappa shape index (κ1) is 13.9. The Morgan fingerprint density at radius 3 is 2.90 bits per heavy atom. The molecule has 4 nitrogen and oxygen atoms in total. The number of likely N-dealkylation sites (tertiary alicyclic amines) is 1. The van der Waals surface area contributed by atoms with Gasteiger partial charge in [-0.3, -0.25) is 4.90 Å². The lowest BCUT2D eigenvalue weighted by Gasteiger charge is -2.16. The highest BCUT2D eigenvalue weighted by molar-refractivity contribution is 9.10. The normalized spacial score (nSPS) is 22.8. The van der Waals surface area contributed by atoms with Crippen molar-refractivity contribution in [2.45, 2.75) is 38.3 Å². The molecular weight excluding hydrogens is 318 g/mol. The smallest absolute Gasteiger partial charge is 0.319 e. The van der Waals surface area contributed by atoms with Crippen molar-refractivity contribution in [3.05, 3.63) is 28.2 Å². The van der Waals surface area contributed by atoms with Crippen LogP contribution >= 0.6 is 15.9 Å². The first-order valence-electron chi connectivity index (χ1n) is 7.19. The van der Waals surface area contributed by atoms with Crippen LogP contribution in [0.2, 0.25) is 0 Å². The van der Waals surface area contributed by atoms with Crippen LogP contribution in [0.4, 0.5) is 10.5 Å². The summed E-state index contributed by atoms with van der Waals surface area (Å²) in [6.07, 6.45) is 3.72. The number of nitrogens with zero attached hydrogens (tertiary/aromatic N) is 1. The molecule has 1 aliphatic carbocycles. The zero-order valence-corrected chi connectivity index (χ0v) is 13.2. The average molecular weight is 338 g/mol. The van der Waals surface area contributed by atoms with Gasteiger partial charge in [0.25, 0.3) is 0 Å². The molecule has 1 saturated heterocycles. The van der Waals surface area contributed by atoms with Crippen LogP contribution in [0.5, 0.6) is 0 Å². The Labute approximate surface area is 128 Å². The lowest BCUT2D eigenvalue weighted by molar-refractivity contribution is 0.247. The van der Waals surface area contributed by atoms with Gasteiger partial charge in [-0.2, -0.15) is 0 Å². The maximum atomic E-state index is 12.1.